The van der Waals surface area contributed by atoms with Gasteiger partial charge in [-0.3, -0.25) is 13.9 Å². The van der Waals surface area contributed by atoms with Crippen LogP contribution in [0.2, 0.25) is 10.0 Å². The maximum absolute atomic E-state index is 15.1. The molecule has 0 saturated heterocycles. The highest BCUT2D eigenvalue weighted by Crippen LogP contribution is 2.33. The first-order valence-electron chi connectivity index (χ1n) is 14.6. The van der Waals surface area contributed by atoms with Crippen molar-refractivity contribution < 1.29 is 22.4 Å². The maximum atomic E-state index is 15.1. The summed E-state index contributed by atoms with van der Waals surface area (Å²) in [6, 6.07) is 24.4. The minimum atomic E-state index is -4.39. The Balaban J connectivity index is 1.86. The third-order valence-electron chi connectivity index (χ3n) is 7.13. The van der Waals surface area contributed by atoms with E-state index in [1.807, 2.05) is 58.0 Å². The zero-order valence-electron chi connectivity index (χ0n) is 26.0. The van der Waals surface area contributed by atoms with Crippen LogP contribution in [0.5, 0.6) is 0 Å². The number of aryl methyl sites for hydroxylation is 1. The van der Waals surface area contributed by atoms with Gasteiger partial charge in [-0.1, -0.05) is 89.4 Å². The monoisotopic (exact) mass is 683 g/mol. The van der Waals surface area contributed by atoms with Crippen LogP contribution in [0.1, 0.15) is 37.5 Å². The summed E-state index contributed by atoms with van der Waals surface area (Å²) in [5.74, 6) is -1.80. The molecule has 0 fully saturated rings. The van der Waals surface area contributed by atoms with Crippen LogP contribution in [-0.4, -0.2) is 43.3 Å². The average Bonchev–Trinajstić information content (AvgIpc) is 2.99. The molecule has 0 aromatic heterocycles. The molecule has 11 heteroatoms. The molecule has 2 amide bonds. The summed E-state index contributed by atoms with van der Waals surface area (Å²) in [6.45, 7) is 6.20. The van der Waals surface area contributed by atoms with E-state index in [4.69, 9.17) is 23.2 Å². The first-order valence-corrected chi connectivity index (χ1v) is 16.8. The number of carbonyl (C=O) groups is 2. The van der Waals surface area contributed by atoms with Crippen molar-refractivity contribution >= 4 is 50.7 Å². The fraction of sp³-hybridized carbons (Fsp3) is 0.257. The van der Waals surface area contributed by atoms with Crippen LogP contribution in [-0.2, 0) is 32.6 Å². The number of sulfonamides is 1. The van der Waals surface area contributed by atoms with Gasteiger partial charge in [0, 0.05) is 29.1 Å². The van der Waals surface area contributed by atoms with Crippen LogP contribution in [0.4, 0.5) is 10.1 Å². The highest BCUT2D eigenvalue weighted by Gasteiger charge is 2.36. The minimum Gasteiger partial charge on any atom is -0.350 e. The molecule has 0 aliphatic carbocycles. The summed E-state index contributed by atoms with van der Waals surface area (Å²) in [4.78, 5) is 29.6. The molecule has 0 heterocycles. The normalized spacial score (nSPS) is 12.3. The van der Waals surface area contributed by atoms with Crippen molar-refractivity contribution in [1.82, 2.24) is 10.2 Å². The molecule has 242 valence electrons. The molecular weight excluding hydrogens is 648 g/mol. The second-order valence-electron chi connectivity index (χ2n) is 12.0. The molecular formula is C35H36Cl2FN3O4S. The molecule has 0 bridgehead atoms. The van der Waals surface area contributed by atoms with Crippen LogP contribution in [0.25, 0.3) is 0 Å². The Morgan fingerprint density at radius 3 is 2.15 bits per heavy atom. The third-order valence-corrected chi connectivity index (χ3v) is 9.46. The Bertz CT molecular complexity index is 1800. The second-order valence-corrected chi connectivity index (χ2v) is 14.7. The Kier molecular flexibility index (Phi) is 11.1. The van der Waals surface area contributed by atoms with Gasteiger partial charge in [-0.25, -0.2) is 12.8 Å². The molecule has 4 aromatic carbocycles. The van der Waals surface area contributed by atoms with Crippen molar-refractivity contribution in [2.24, 2.45) is 0 Å². The predicted octanol–water partition coefficient (Wildman–Crippen LogP) is 7.19. The maximum Gasteiger partial charge on any atom is 0.264 e. The molecule has 0 aliphatic rings. The number of nitrogens with one attached hydrogen (secondary N) is 1. The van der Waals surface area contributed by atoms with Crippen molar-refractivity contribution in [3.63, 3.8) is 0 Å². The highest BCUT2D eigenvalue weighted by molar-refractivity contribution is 7.92. The highest BCUT2D eigenvalue weighted by atomic mass is 35.5. The number of carbonyl (C=O) groups excluding carboxylic acids is 2. The molecule has 4 rings (SSSR count). The molecule has 0 aliphatic heterocycles. The number of nitrogens with zero attached hydrogens (tertiary/aromatic N) is 2. The molecule has 1 N–H and O–H groups in total. The molecule has 1 atom stereocenters. The van der Waals surface area contributed by atoms with Crippen LogP contribution in [0, 0.1) is 12.7 Å². The van der Waals surface area contributed by atoms with E-state index < -0.39 is 45.8 Å². The Hall–Kier alpha value is -3.92. The Morgan fingerprint density at radius 1 is 0.891 bits per heavy atom. The van der Waals surface area contributed by atoms with Crippen molar-refractivity contribution in [1.29, 1.82) is 0 Å². The smallest absolute Gasteiger partial charge is 0.264 e. The van der Waals surface area contributed by atoms with E-state index in [2.05, 4.69) is 5.32 Å². The van der Waals surface area contributed by atoms with Gasteiger partial charge in [-0.15, -0.1) is 0 Å². The minimum absolute atomic E-state index is 0.0207. The van der Waals surface area contributed by atoms with Crippen LogP contribution in [0.3, 0.4) is 0 Å². The first kappa shape index (κ1) is 34.9. The fourth-order valence-electron chi connectivity index (χ4n) is 4.84. The standard InChI is InChI=1S/C35H36Cl2FN3O4S/c1-24-14-17-28(18-15-24)46(44,45)41(31-21-27(36)16-19-29(31)37)23-33(42)40(22-26-12-8-9-13-30(26)38)32(34(43)39-35(2,3)4)20-25-10-6-5-7-11-25/h5-19,21,32H,20,22-23H2,1-4H3,(H,39,43)/t32-/m1/s1. The molecule has 7 nitrogen and oxygen atoms in total. The van der Waals surface area contributed by atoms with Crippen LogP contribution in [0.15, 0.2) is 102 Å². The van der Waals surface area contributed by atoms with E-state index in [-0.39, 0.29) is 39.2 Å². The summed E-state index contributed by atoms with van der Waals surface area (Å²) in [5.41, 5.74) is 1.07. The number of benzene rings is 4. The summed E-state index contributed by atoms with van der Waals surface area (Å²) in [5, 5.41) is 3.18. The quantitative estimate of drug-likeness (QED) is 0.181. The first-order chi connectivity index (χ1) is 21.7. The number of rotatable bonds is 11. The largest absolute Gasteiger partial charge is 0.350 e. The predicted molar refractivity (Wildman–Crippen MR) is 181 cm³/mol. The van der Waals surface area contributed by atoms with E-state index in [0.29, 0.717) is 0 Å². The topological polar surface area (TPSA) is 86.8 Å². The van der Waals surface area contributed by atoms with Gasteiger partial charge in [0.05, 0.1) is 15.6 Å². The van der Waals surface area contributed by atoms with E-state index in [1.165, 1.54) is 53.4 Å². The van der Waals surface area contributed by atoms with Crippen LogP contribution < -0.4 is 9.62 Å². The number of anilines is 1. The van der Waals surface area contributed by atoms with Gasteiger partial charge in [0.2, 0.25) is 11.8 Å². The van der Waals surface area contributed by atoms with E-state index in [0.717, 1.165) is 15.4 Å². The summed E-state index contributed by atoms with van der Waals surface area (Å²) < 4.78 is 44.3. The summed E-state index contributed by atoms with van der Waals surface area (Å²) in [6.07, 6.45) is 0.0889. The molecule has 0 radical (unpaired) electrons. The zero-order chi connectivity index (χ0) is 33.6. The lowest BCUT2D eigenvalue weighted by Crippen LogP contribution is -2.56. The Morgan fingerprint density at radius 2 is 1.52 bits per heavy atom. The zero-order valence-corrected chi connectivity index (χ0v) is 28.3. The molecule has 0 unspecified atom stereocenters. The molecule has 0 saturated carbocycles. The SMILES string of the molecule is Cc1ccc(S(=O)(=O)N(CC(=O)N(Cc2ccccc2F)[C@H](Cc2ccccc2)C(=O)NC(C)(C)C)c2cc(Cl)ccc2Cl)cc1. The summed E-state index contributed by atoms with van der Waals surface area (Å²) >= 11 is 12.8. The lowest BCUT2D eigenvalue weighted by Gasteiger charge is -2.35. The second kappa shape index (κ2) is 14.7. The van der Waals surface area contributed by atoms with E-state index in [1.54, 1.807) is 18.2 Å². The van der Waals surface area contributed by atoms with Gasteiger partial charge in [0.15, 0.2) is 0 Å². The van der Waals surface area contributed by atoms with Gasteiger partial charge >= 0.3 is 0 Å². The lowest BCUT2D eigenvalue weighted by atomic mass is 10.0. The van der Waals surface area contributed by atoms with E-state index in [9.17, 15) is 18.0 Å². The number of halogens is 3. The van der Waals surface area contributed by atoms with Gasteiger partial charge in [-0.2, -0.15) is 0 Å². The van der Waals surface area contributed by atoms with Gasteiger partial charge < -0.3 is 10.2 Å². The van der Waals surface area contributed by atoms with Crippen molar-refractivity contribution in [2.45, 2.75) is 57.1 Å². The number of amides is 2. The molecule has 0 spiro atoms. The number of hydrogen-bond donors (Lipinski definition) is 1. The van der Waals surface area contributed by atoms with Crippen molar-refractivity contribution in [2.75, 3.05) is 10.8 Å². The Labute approximate surface area is 280 Å². The van der Waals surface area contributed by atoms with Gasteiger partial charge in [-0.05, 0) is 69.7 Å². The third kappa shape index (κ3) is 8.87. The van der Waals surface area contributed by atoms with E-state index >= 15 is 4.39 Å². The van der Waals surface area contributed by atoms with Gasteiger partial charge in [0.1, 0.15) is 18.4 Å². The molecule has 4 aromatic rings. The average molecular weight is 685 g/mol. The summed E-state index contributed by atoms with van der Waals surface area (Å²) in [7, 11) is -4.39. The van der Waals surface area contributed by atoms with Crippen molar-refractivity contribution in [3.8, 4) is 0 Å². The van der Waals surface area contributed by atoms with Crippen molar-refractivity contribution in [3.05, 3.63) is 130 Å². The van der Waals surface area contributed by atoms with Gasteiger partial charge in [0.25, 0.3) is 10.0 Å². The fourth-order valence-corrected chi connectivity index (χ4v) is 6.71. The molecule has 46 heavy (non-hydrogen) atoms. The lowest BCUT2D eigenvalue weighted by molar-refractivity contribution is -0.140. The van der Waals surface area contributed by atoms with Crippen LogP contribution >= 0.6 is 23.2 Å². The number of hydrogen-bond acceptors (Lipinski definition) is 4.